The molecule has 0 saturated carbocycles. The Morgan fingerprint density at radius 1 is 0.593 bits per heavy atom. The third kappa shape index (κ3) is 15.0. The monoisotopic (exact) mass is 815 g/mol. The van der Waals surface area contributed by atoms with Gasteiger partial charge in [0.15, 0.2) is 0 Å². The molecule has 14 heteroatoms. The molecule has 0 radical (unpaired) electrons. The molecule has 5 aromatic rings. The summed E-state index contributed by atoms with van der Waals surface area (Å²) in [5.41, 5.74) is 12.7. The van der Waals surface area contributed by atoms with Crippen molar-refractivity contribution in [3.8, 4) is 0 Å². The van der Waals surface area contributed by atoms with Crippen LogP contribution in [0.4, 0.5) is 0 Å². The molecule has 0 spiro atoms. The molecule has 0 bridgehead atoms. The van der Waals surface area contributed by atoms with Gasteiger partial charge in [-0.05, 0) is 45.9 Å². The fourth-order valence-corrected chi connectivity index (χ4v) is 7.16. The van der Waals surface area contributed by atoms with E-state index in [0.29, 0.717) is 17.7 Å². The summed E-state index contributed by atoms with van der Waals surface area (Å²) in [5.74, 6) is -1.84. The smallest absolute Gasteiger partial charge is 0.243 e. The predicted molar refractivity (Wildman–Crippen MR) is 227 cm³/mol. The van der Waals surface area contributed by atoms with Gasteiger partial charge in [0.1, 0.15) is 11.9 Å². The van der Waals surface area contributed by atoms with Gasteiger partial charge in [-0.1, -0.05) is 133 Å². The summed E-state index contributed by atoms with van der Waals surface area (Å²) in [6.45, 7) is 2.29. The molecule has 0 aliphatic carbocycles. The van der Waals surface area contributed by atoms with Gasteiger partial charge >= 0.3 is 0 Å². The van der Waals surface area contributed by atoms with Crippen LogP contribution < -0.4 is 31.7 Å². The zero-order valence-corrected chi connectivity index (χ0v) is 33.6. The average Bonchev–Trinajstić information content (AvgIpc) is 3.22. The summed E-state index contributed by atoms with van der Waals surface area (Å²) in [7, 11) is -3.83. The van der Waals surface area contributed by atoms with Crippen LogP contribution in [0.5, 0.6) is 0 Å². The lowest BCUT2D eigenvalue weighted by molar-refractivity contribution is -0.128. The molecule has 0 aliphatic heterocycles. The van der Waals surface area contributed by atoms with Crippen molar-refractivity contribution < 1.29 is 27.6 Å². The minimum atomic E-state index is -3.83. The van der Waals surface area contributed by atoms with Crippen molar-refractivity contribution in [3.05, 3.63) is 177 Å². The zero-order chi connectivity index (χ0) is 42.2. The highest BCUT2D eigenvalue weighted by atomic mass is 32.2. The molecule has 8 N–H and O–H groups in total. The van der Waals surface area contributed by atoms with Crippen molar-refractivity contribution in [2.24, 2.45) is 5.73 Å². The van der Waals surface area contributed by atoms with Crippen LogP contribution in [-0.2, 0) is 73.9 Å². The summed E-state index contributed by atoms with van der Waals surface area (Å²) < 4.78 is 27.6. The maximum absolute atomic E-state index is 13.4. The summed E-state index contributed by atoms with van der Waals surface area (Å²) in [6, 6.07) is 36.9. The van der Waals surface area contributed by atoms with E-state index in [9.17, 15) is 27.6 Å². The van der Waals surface area contributed by atoms with Gasteiger partial charge in [0.2, 0.25) is 33.7 Å². The molecular weight excluding hydrogens is 767 g/mol. The molecule has 306 valence electrons. The second kappa shape index (κ2) is 21.2. The van der Waals surface area contributed by atoms with Crippen molar-refractivity contribution in [1.29, 1.82) is 5.41 Å². The molecule has 5 aromatic carbocycles. The van der Waals surface area contributed by atoms with Crippen molar-refractivity contribution in [3.63, 3.8) is 0 Å². The Morgan fingerprint density at radius 3 is 1.64 bits per heavy atom. The molecule has 5 rings (SSSR count). The van der Waals surface area contributed by atoms with Gasteiger partial charge in [-0.15, -0.1) is 0 Å². The third-order valence-electron chi connectivity index (χ3n) is 9.32. The van der Waals surface area contributed by atoms with E-state index in [0.717, 1.165) is 38.9 Å². The highest BCUT2D eigenvalue weighted by Gasteiger charge is 2.23. The van der Waals surface area contributed by atoms with Crippen LogP contribution in [0.2, 0.25) is 0 Å². The number of amides is 4. The molecule has 0 saturated heterocycles. The number of aryl methyl sites for hydroxylation is 1. The van der Waals surface area contributed by atoms with Crippen LogP contribution in [0, 0.1) is 12.3 Å². The number of carbonyl (C=O) groups excluding carboxylic acids is 4. The topological polar surface area (TPSA) is 212 Å². The number of rotatable bonds is 20. The molecule has 4 amide bonds. The minimum Gasteiger partial charge on any atom is -0.384 e. The number of hydrogen-bond acceptors (Lipinski definition) is 7. The minimum absolute atomic E-state index is 0.0778. The van der Waals surface area contributed by atoms with E-state index in [1.165, 1.54) is 0 Å². The lowest BCUT2D eigenvalue weighted by atomic mass is 10.0. The van der Waals surface area contributed by atoms with E-state index in [1.807, 2.05) is 67.6 Å². The van der Waals surface area contributed by atoms with E-state index >= 15 is 0 Å². The van der Waals surface area contributed by atoms with Crippen LogP contribution in [0.1, 0.15) is 50.1 Å². The number of benzene rings is 5. The SMILES string of the molecule is Cc1ccc(CNC(=O)Cc2cccc(CC(=O)NCc3ccc(C[C@H](NC(=O)CNS(=O)(=O)Cc4ccccc4)C(=O)NCc4ccc(C(=N)N)cc4)cc3)c2)cc1. The maximum Gasteiger partial charge on any atom is 0.243 e. The van der Waals surface area contributed by atoms with Crippen molar-refractivity contribution in [2.75, 3.05) is 6.54 Å². The Hall–Kier alpha value is -6.64. The molecule has 0 unspecified atom stereocenters. The van der Waals surface area contributed by atoms with Gasteiger partial charge in [0.25, 0.3) is 0 Å². The molecular formula is C45H49N7O6S. The van der Waals surface area contributed by atoms with E-state index in [2.05, 4.69) is 26.0 Å². The van der Waals surface area contributed by atoms with Gasteiger partial charge in [0, 0.05) is 31.6 Å². The number of hydrogen-bond donors (Lipinski definition) is 7. The van der Waals surface area contributed by atoms with Crippen LogP contribution in [-0.4, -0.2) is 50.5 Å². The van der Waals surface area contributed by atoms with Crippen molar-refractivity contribution >= 4 is 39.5 Å². The van der Waals surface area contributed by atoms with Crippen LogP contribution >= 0.6 is 0 Å². The normalized spacial score (nSPS) is 11.5. The number of nitrogens with two attached hydrogens (primary N) is 1. The van der Waals surface area contributed by atoms with E-state index in [4.69, 9.17) is 11.1 Å². The summed E-state index contributed by atoms with van der Waals surface area (Å²) in [4.78, 5) is 51.9. The van der Waals surface area contributed by atoms with Crippen LogP contribution in [0.15, 0.2) is 127 Å². The van der Waals surface area contributed by atoms with Gasteiger partial charge < -0.3 is 27.0 Å². The number of nitrogens with one attached hydrogen (secondary N) is 6. The first kappa shape index (κ1) is 43.5. The largest absolute Gasteiger partial charge is 0.384 e. The number of sulfonamides is 1. The Bertz CT molecular complexity index is 2340. The van der Waals surface area contributed by atoms with Crippen molar-refractivity contribution in [1.82, 2.24) is 26.0 Å². The second-order valence-electron chi connectivity index (χ2n) is 14.2. The first-order valence-corrected chi connectivity index (χ1v) is 20.7. The van der Waals surface area contributed by atoms with Gasteiger partial charge in [0.05, 0.1) is 25.1 Å². The Kier molecular flexibility index (Phi) is 15.6. The Morgan fingerprint density at radius 2 is 1.08 bits per heavy atom. The molecule has 0 aliphatic rings. The zero-order valence-electron chi connectivity index (χ0n) is 32.8. The molecule has 0 fully saturated rings. The average molecular weight is 816 g/mol. The van der Waals surface area contributed by atoms with E-state index < -0.39 is 34.4 Å². The van der Waals surface area contributed by atoms with Crippen LogP contribution in [0.25, 0.3) is 0 Å². The third-order valence-corrected chi connectivity index (χ3v) is 10.6. The Labute approximate surface area is 344 Å². The lowest BCUT2D eigenvalue weighted by Gasteiger charge is -2.19. The second-order valence-corrected chi connectivity index (χ2v) is 16.1. The van der Waals surface area contributed by atoms with Crippen LogP contribution in [0.3, 0.4) is 0 Å². The summed E-state index contributed by atoms with van der Waals surface area (Å²) in [5, 5.41) is 18.9. The molecule has 1 atom stereocenters. The molecule has 0 heterocycles. The van der Waals surface area contributed by atoms with Crippen molar-refractivity contribution in [2.45, 2.75) is 57.6 Å². The Balaban J connectivity index is 1.13. The van der Waals surface area contributed by atoms with Gasteiger partial charge in [-0.3, -0.25) is 24.6 Å². The lowest BCUT2D eigenvalue weighted by Crippen LogP contribution is -2.50. The fraction of sp³-hybridized carbons (Fsp3) is 0.222. The quantitative estimate of drug-likeness (QED) is 0.0459. The fourth-order valence-electron chi connectivity index (χ4n) is 6.07. The predicted octanol–water partition coefficient (Wildman–Crippen LogP) is 3.46. The highest BCUT2D eigenvalue weighted by Crippen LogP contribution is 2.12. The summed E-state index contributed by atoms with van der Waals surface area (Å²) in [6.07, 6.45) is 0.435. The summed E-state index contributed by atoms with van der Waals surface area (Å²) >= 11 is 0. The maximum atomic E-state index is 13.4. The first-order valence-electron chi connectivity index (χ1n) is 19.1. The number of carbonyl (C=O) groups is 4. The molecule has 13 nitrogen and oxygen atoms in total. The van der Waals surface area contributed by atoms with Gasteiger partial charge in [-0.25, -0.2) is 13.1 Å². The highest BCUT2D eigenvalue weighted by molar-refractivity contribution is 7.88. The van der Waals surface area contributed by atoms with E-state index in [1.54, 1.807) is 66.7 Å². The van der Waals surface area contributed by atoms with Gasteiger partial charge in [-0.2, -0.15) is 0 Å². The standard InChI is InChI=1S/C45H49N7O6S/c1-31-10-12-33(13-11-31)26-48-41(53)24-37-8-5-9-38(22-37)25-42(54)49-27-34-16-14-32(15-17-34)23-40(45(56)50-28-35-18-20-39(21-19-35)44(46)47)52-43(55)29-51-59(57,58)30-36-6-3-2-4-7-36/h2-22,40,51H,23-30H2,1H3,(H3,46,47)(H,48,53)(H,49,54)(H,50,56)(H,52,55)/t40-/m0/s1. The molecule has 59 heavy (non-hydrogen) atoms. The number of amidine groups is 1. The van der Waals surface area contributed by atoms with E-state index in [-0.39, 0.29) is 55.8 Å². The number of nitrogen functional groups attached to an aromatic ring is 1. The first-order chi connectivity index (χ1) is 28.3. The molecule has 0 aromatic heterocycles.